The van der Waals surface area contributed by atoms with Gasteiger partial charge in [-0.15, -0.1) is 0 Å². The number of benzene rings is 2. The molecule has 1 unspecified atom stereocenters. The van der Waals surface area contributed by atoms with E-state index in [1.807, 2.05) is 43.3 Å². The number of anilines is 1. The van der Waals surface area contributed by atoms with Crippen molar-refractivity contribution in [3.63, 3.8) is 0 Å². The lowest BCUT2D eigenvalue weighted by atomic mass is 10.0. The molecule has 3 rings (SSSR count). The Bertz CT molecular complexity index is 892. The molecule has 0 aromatic heterocycles. The number of amides is 2. The molecule has 0 saturated carbocycles. The fourth-order valence-corrected chi connectivity index (χ4v) is 3.79. The maximum absolute atomic E-state index is 12.8. The van der Waals surface area contributed by atoms with E-state index in [-0.39, 0.29) is 23.9 Å². The zero-order chi connectivity index (χ0) is 21.7. The highest BCUT2D eigenvalue weighted by molar-refractivity contribution is 6.33. The topological polar surface area (TPSA) is 61.4 Å². The van der Waals surface area contributed by atoms with Crippen LogP contribution in [-0.4, -0.2) is 37.0 Å². The number of carbonyl (C=O) groups excluding carboxylic acids is 2. The number of hydrogen-bond acceptors (Lipinski definition) is 3. The number of piperidine rings is 1. The lowest BCUT2D eigenvalue weighted by Crippen LogP contribution is -2.45. The van der Waals surface area contributed by atoms with E-state index in [1.165, 1.54) is 0 Å². The molecule has 2 N–H and O–H groups in total. The van der Waals surface area contributed by atoms with E-state index >= 15 is 0 Å². The number of para-hydroxylation sites is 1. The minimum atomic E-state index is -0.137. The van der Waals surface area contributed by atoms with Gasteiger partial charge >= 0.3 is 0 Å². The lowest BCUT2D eigenvalue weighted by Gasteiger charge is -2.35. The van der Waals surface area contributed by atoms with Gasteiger partial charge in [0.25, 0.3) is 11.8 Å². The standard InChI is InChI=1S/C24H30ClN3O2/c1-16(2)17(3)26-24(30)20-9-5-7-11-22(20)28-14-12-18(13-15-28)27-23(29)19-8-4-6-10-21(19)25/h4-11,16-18H,12-15H2,1-3H3,(H,26,30)(H,27,29). The van der Waals surface area contributed by atoms with Crippen LogP contribution in [0.25, 0.3) is 0 Å². The minimum Gasteiger partial charge on any atom is -0.371 e. The fourth-order valence-electron chi connectivity index (χ4n) is 3.57. The van der Waals surface area contributed by atoms with Gasteiger partial charge in [0.05, 0.1) is 16.1 Å². The molecule has 1 atom stereocenters. The maximum atomic E-state index is 12.8. The van der Waals surface area contributed by atoms with Crippen molar-refractivity contribution in [1.82, 2.24) is 10.6 Å². The van der Waals surface area contributed by atoms with Gasteiger partial charge in [0.1, 0.15) is 0 Å². The van der Waals surface area contributed by atoms with Crippen LogP contribution in [0.2, 0.25) is 5.02 Å². The van der Waals surface area contributed by atoms with Crippen LogP contribution < -0.4 is 15.5 Å². The molecule has 2 aromatic rings. The molecule has 0 aliphatic carbocycles. The maximum Gasteiger partial charge on any atom is 0.253 e. The Kier molecular flexibility index (Phi) is 7.38. The molecule has 5 nitrogen and oxygen atoms in total. The molecule has 1 heterocycles. The van der Waals surface area contributed by atoms with Gasteiger partial charge in [-0.2, -0.15) is 0 Å². The summed E-state index contributed by atoms with van der Waals surface area (Å²) in [7, 11) is 0. The molecular weight excluding hydrogens is 398 g/mol. The first kappa shape index (κ1) is 22.2. The third-order valence-corrected chi connectivity index (χ3v) is 6.13. The molecule has 6 heteroatoms. The smallest absolute Gasteiger partial charge is 0.253 e. The summed E-state index contributed by atoms with van der Waals surface area (Å²) in [5.74, 6) is 0.195. The average Bonchev–Trinajstić information content (AvgIpc) is 2.74. The van der Waals surface area contributed by atoms with Gasteiger partial charge in [-0.25, -0.2) is 0 Å². The quantitative estimate of drug-likeness (QED) is 0.712. The van der Waals surface area contributed by atoms with Crippen molar-refractivity contribution in [2.24, 2.45) is 5.92 Å². The van der Waals surface area contributed by atoms with E-state index in [1.54, 1.807) is 12.1 Å². The van der Waals surface area contributed by atoms with Crippen LogP contribution >= 0.6 is 11.6 Å². The number of carbonyl (C=O) groups is 2. The Labute approximate surface area is 183 Å². The molecule has 30 heavy (non-hydrogen) atoms. The van der Waals surface area contributed by atoms with E-state index in [4.69, 9.17) is 11.6 Å². The van der Waals surface area contributed by atoms with Crippen molar-refractivity contribution < 1.29 is 9.59 Å². The van der Waals surface area contributed by atoms with Crippen LogP contribution in [0.4, 0.5) is 5.69 Å². The fraction of sp³-hybridized carbons (Fsp3) is 0.417. The van der Waals surface area contributed by atoms with Crippen molar-refractivity contribution in [2.75, 3.05) is 18.0 Å². The van der Waals surface area contributed by atoms with E-state index in [0.717, 1.165) is 31.6 Å². The Morgan fingerprint density at radius 3 is 2.17 bits per heavy atom. The second kappa shape index (κ2) is 9.98. The number of halogens is 1. The van der Waals surface area contributed by atoms with Gasteiger partial charge in [0.2, 0.25) is 0 Å². The molecule has 160 valence electrons. The highest BCUT2D eigenvalue weighted by atomic mass is 35.5. The summed E-state index contributed by atoms with van der Waals surface area (Å²) in [5.41, 5.74) is 2.15. The van der Waals surface area contributed by atoms with E-state index in [0.29, 0.717) is 22.1 Å². The van der Waals surface area contributed by atoms with Crippen LogP contribution in [0.15, 0.2) is 48.5 Å². The first-order valence-corrected chi connectivity index (χ1v) is 10.9. The summed E-state index contributed by atoms with van der Waals surface area (Å²) in [6.07, 6.45) is 1.63. The number of nitrogens with zero attached hydrogens (tertiary/aromatic N) is 1. The van der Waals surface area contributed by atoms with E-state index in [2.05, 4.69) is 29.4 Å². The van der Waals surface area contributed by atoms with Gasteiger partial charge in [-0.1, -0.05) is 49.7 Å². The third kappa shape index (κ3) is 5.33. The first-order valence-electron chi connectivity index (χ1n) is 10.6. The highest BCUT2D eigenvalue weighted by Gasteiger charge is 2.25. The summed E-state index contributed by atoms with van der Waals surface area (Å²) in [6.45, 7) is 7.77. The van der Waals surface area contributed by atoms with Crippen molar-refractivity contribution in [1.29, 1.82) is 0 Å². The Hall–Kier alpha value is -2.53. The lowest BCUT2D eigenvalue weighted by molar-refractivity contribution is 0.0925. The normalized spacial score (nSPS) is 15.7. The van der Waals surface area contributed by atoms with Crippen molar-refractivity contribution >= 4 is 29.1 Å². The first-order chi connectivity index (χ1) is 14.4. The van der Waals surface area contributed by atoms with E-state index < -0.39 is 0 Å². The highest BCUT2D eigenvalue weighted by Crippen LogP contribution is 2.25. The zero-order valence-electron chi connectivity index (χ0n) is 17.8. The van der Waals surface area contributed by atoms with Crippen molar-refractivity contribution in [3.05, 3.63) is 64.7 Å². The third-order valence-electron chi connectivity index (χ3n) is 5.80. The van der Waals surface area contributed by atoms with E-state index in [9.17, 15) is 9.59 Å². The molecule has 2 aromatic carbocycles. The summed E-state index contributed by atoms with van der Waals surface area (Å²) in [5, 5.41) is 6.65. The molecule has 0 bridgehead atoms. The van der Waals surface area contributed by atoms with Crippen molar-refractivity contribution in [3.8, 4) is 0 Å². The molecule has 2 amide bonds. The Morgan fingerprint density at radius 1 is 0.933 bits per heavy atom. The molecule has 1 fully saturated rings. The predicted molar refractivity (Wildman–Crippen MR) is 122 cm³/mol. The number of nitrogens with one attached hydrogen (secondary N) is 2. The predicted octanol–water partition coefficient (Wildman–Crippen LogP) is 4.51. The van der Waals surface area contributed by atoms with Gasteiger partial charge < -0.3 is 15.5 Å². The average molecular weight is 428 g/mol. The molecule has 1 aliphatic rings. The number of rotatable bonds is 6. The van der Waals surface area contributed by atoms with Crippen LogP contribution in [0.1, 0.15) is 54.3 Å². The summed E-state index contributed by atoms with van der Waals surface area (Å²) >= 11 is 6.14. The van der Waals surface area contributed by atoms with Gasteiger partial charge in [0.15, 0.2) is 0 Å². The molecule has 1 saturated heterocycles. The molecular formula is C24H30ClN3O2. The summed E-state index contributed by atoms with van der Waals surface area (Å²) in [4.78, 5) is 27.6. The monoisotopic (exact) mass is 427 g/mol. The summed E-state index contributed by atoms with van der Waals surface area (Å²) < 4.78 is 0. The van der Waals surface area contributed by atoms with Crippen LogP contribution in [-0.2, 0) is 0 Å². The van der Waals surface area contributed by atoms with Crippen LogP contribution in [0, 0.1) is 5.92 Å². The van der Waals surface area contributed by atoms with Crippen LogP contribution in [0.5, 0.6) is 0 Å². The van der Waals surface area contributed by atoms with Crippen molar-refractivity contribution in [2.45, 2.75) is 45.7 Å². The largest absolute Gasteiger partial charge is 0.371 e. The molecule has 0 spiro atoms. The second-order valence-corrected chi connectivity index (χ2v) is 8.65. The Morgan fingerprint density at radius 2 is 1.53 bits per heavy atom. The molecule has 1 aliphatic heterocycles. The Balaban J connectivity index is 1.62. The SMILES string of the molecule is CC(C)C(C)NC(=O)c1ccccc1N1CCC(NC(=O)c2ccccc2Cl)CC1. The van der Waals surface area contributed by atoms with Gasteiger partial charge in [-0.05, 0) is 49.9 Å². The minimum absolute atomic E-state index is 0.0408. The van der Waals surface area contributed by atoms with Crippen LogP contribution in [0.3, 0.4) is 0 Å². The number of hydrogen-bond donors (Lipinski definition) is 2. The zero-order valence-corrected chi connectivity index (χ0v) is 18.6. The van der Waals surface area contributed by atoms with Gasteiger partial charge in [0, 0.05) is 30.9 Å². The molecule has 0 radical (unpaired) electrons. The summed E-state index contributed by atoms with van der Waals surface area (Å²) in [6, 6.07) is 15.0. The van der Waals surface area contributed by atoms with Gasteiger partial charge in [-0.3, -0.25) is 9.59 Å². The second-order valence-electron chi connectivity index (χ2n) is 8.24.